The molecule has 0 fully saturated rings. The van der Waals surface area contributed by atoms with Gasteiger partial charge in [0.1, 0.15) is 17.2 Å². The van der Waals surface area contributed by atoms with Crippen LogP contribution in [0.15, 0.2) is 72.8 Å². The van der Waals surface area contributed by atoms with Gasteiger partial charge in [0.25, 0.3) is 5.91 Å². The number of hydrogen-bond donors (Lipinski definition) is 2. The second-order valence-corrected chi connectivity index (χ2v) is 7.80. The Morgan fingerprint density at radius 3 is 2.06 bits per heavy atom. The van der Waals surface area contributed by atoms with Gasteiger partial charge in [0, 0.05) is 18.5 Å². The van der Waals surface area contributed by atoms with Crippen LogP contribution in [0.1, 0.15) is 19.3 Å². The lowest BCUT2D eigenvalue weighted by atomic mass is 10.2. The maximum atomic E-state index is 12.1. The number of anilines is 2. The lowest BCUT2D eigenvalue weighted by molar-refractivity contribution is -0.147. The first-order chi connectivity index (χ1) is 16.9. The first-order valence-corrected chi connectivity index (χ1v) is 11.2. The van der Waals surface area contributed by atoms with Crippen molar-refractivity contribution in [2.75, 3.05) is 24.4 Å². The van der Waals surface area contributed by atoms with Crippen LogP contribution in [-0.4, -0.2) is 31.5 Å². The maximum Gasteiger partial charge on any atom is 0.306 e. The third-order valence-electron chi connectivity index (χ3n) is 4.73. The Morgan fingerprint density at radius 1 is 0.771 bits per heavy atom. The van der Waals surface area contributed by atoms with Gasteiger partial charge in [0.15, 0.2) is 6.61 Å². The molecule has 0 atom stereocenters. The number of amides is 2. The van der Waals surface area contributed by atoms with Crippen molar-refractivity contribution in [3.05, 3.63) is 77.8 Å². The average Bonchev–Trinajstić information content (AvgIpc) is 2.86. The first kappa shape index (κ1) is 25.6. The SMILES string of the molecule is COc1ccc(Oc2ccc(NC(=O)CCCC(=O)OCC(=O)Nc3ccccc3Cl)cc2)cc1. The number of carbonyl (C=O) groups is 3. The zero-order chi connectivity index (χ0) is 25.0. The third-order valence-corrected chi connectivity index (χ3v) is 5.06. The Labute approximate surface area is 208 Å². The number of ether oxygens (including phenoxy) is 3. The molecule has 35 heavy (non-hydrogen) atoms. The molecule has 0 aliphatic carbocycles. The Morgan fingerprint density at radius 2 is 1.40 bits per heavy atom. The second-order valence-electron chi connectivity index (χ2n) is 7.39. The summed E-state index contributed by atoms with van der Waals surface area (Å²) in [6.07, 6.45) is 0.432. The number of para-hydroxylation sites is 1. The van der Waals surface area contributed by atoms with E-state index < -0.39 is 18.5 Å². The number of esters is 1. The number of carbonyl (C=O) groups excluding carboxylic acids is 3. The number of rotatable bonds is 11. The van der Waals surface area contributed by atoms with E-state index in [0.29, 0.717) is 27.9 Å². The Balaban J connectivity index is 1.33. The van der Waals surface area contributed by atoms with Gasteiger partial charge < -0.3 is 24.8 Å². The van der Waals surface area contributed by atoms with Crippen molar-refractivity contribution < 1.29 is 28.6 Å². The van der Waals surface area contributed by atoms with Crippen LogP contribution >= 0.6 is 11.6 Å². The molecule has 0 saturated heterocycles. The molecule has 2 N–H and O–H groups in total. The maximum absolute atomic E-state index is 12.1. The van der Waals surface area contributed by atoms with Crippen molar-refractivity contribution in [2.24, 2.45) is 0 Å². The van der Waals surface area contributed by atoms with Crippen LogP contribution in [0.5, 0.6) is 17.2 Å². The zero-order valence-electron chi connectivity index (χ0n) is 19.1. The molecule has 0 aromatic heterocycles. The van der Waals surface area contributed by atoms with E-state index in [0.717, 1.165) is 5.75 Å². The van der Waals surface area contributed by atoms with Crippen LogP contribution in [0.2, 0.25) is 5.02 Å². The summed E-state index contributed by atoms with van der Waals surface area (Å²) in [4.78, 5) is 35.9. The van der Waals surface area contributed by atoms with Crippen LogP contribution in [-0.2, 0) is 19.1 Å². The van der Waals surface area contributed by atoms with Crippen molar-refractivity contribution in [1.29, 1.82) is 0 Å². The van der Waals surface area contributed by atoms with Crippen molar-refractivity contribution in [2.45, 2.75) is 19.3 Å². The van der Waals surface area contributed by atoms with E-state index in [1.807, 2.05) is 0 Å². The number of nitrogens with one attached hydrogen (secondary N) is 2. The quantitative estimate of drug-likeness (QED) is 0.343. The van der Waals surface area contributed by atoms with E-state index in [2.05, 4.69) is 10.6 Å². The molecule has 0 aliphatic heterocycles. The van der Waals surface area contributed by atoms with Crippen LogP contribution in [0.4, 0.5) is 11.4 Å². The summed E-state index contributed by atoms with van der Waals surface area (Å²) in [5.41, 5.74) is 1.04. The summed E-state index contributed by atoms with van der Waals surface area (Å²) >= 11 is 5.97. The molecule has 182 valence electrons. The number of halogens is 1. The molecule has 0 saturated carbocycles. The highest BCUT2D eigenvalue weighted by atomic mass is 35.5. The van der Waals surface area contributed by atoms with Crippen molar-refractivity contribution in [1.82, 2.24) is 0 Å². The van der Waals surface area contributed by atoms with Crippen LogP contribution in [0.25, 0.3) is 0 Å². The summed E-state index contributed by atoms with van der Waals surface area (Å²) in [6, 6.07) is 20.9. The predicted molar refractivity (Wildman–Crippen MR) is 133 cm³/mol. The van der Waals surface area contributed by atoms with Crippen LogP contribution in [0, 0.1) is 0 Å². The van der Waals surface area contributed by atoms with Gasteiger partial charge in [0.05, 0.1) is 17.8 Å². The molecule has 3 aromatic carbocycles. The molecular weight excluding hydrogens is 472 g/mol. The summed E-state index contributed by atoms with van der Waals surface area (Å²) in [5.74, 6) is 0.724. The van der Waals surface area contributed by atoms with Gasteiger partial charge >= 0.3 is 5.97 Å². The lowest BCUT2D eigenvalue weighted by Gasteiger charge is -2.09. The van der Waals surface area contributed by atoms with Crippen molar-refractivity contribution in [3.63, 3.8) is 0 Å². The number of benzene rings is 3. The van der Waals surface area contributed by atoms with Gasteiger partial charge in [-0.25, -0.2) is 0 Å². The summed E-state index contributed by atoms with van der Waals surface area (Å²) in [7, 11) is 1.60. The number of methoxy groups -OCH3 is 1. The fourth-order valence-electron chi connectivity index (χ4n) is 2.97. The van der Waals surface area contributed by atoms with Crippen LogP contribution < -0.4 is 20.1 Å². The zero-order valence-corrected chi connectivity index (χ0v) is 19.8. The minimum Gasteiger partial charge on any atom is -0.497 e. The van der Waals surface area contributed by atoms with Gasteiger partial charge in [-0.3, -0.25) is 14.4 Å². The molecule has 3 aromatic rings. The lowest BCUT2D eigenvalue weighted by Crippen LogP contribution is -2.21. The van der Waals surface area contributed by atoms with E-state index in [1.165, 1.54) is 0 Å². The molecule has 0 aliphatic rings. The van der Waals surface area contributed by atoms with E-state index in [1.54, 1.807) is 79.9 Å². The monoisotopic (exact) mass is 496 g/mol. The standard InChI is InChI=1S/C26H25ClN2O6/c1-33-19-13-15-21(16-14-19)35-20-11-9-18(10-12-20)28-24(30)7-4-8-26(32)34-17-25(31)29-23-6-3-2-5-22(23)27/h2-3,5-6,9-16H,4,7-8,17H2,1H3,(H,28,30)(H,29,31). The third kappa shape index (κ3) is 8.68. The highest BCUT2D eigenvalue weighted by Gasteiger charge is 2.11. The minimum absolute atomic E-state index is 0.0153. The van der Waals surface area contributed by atoms with E-state index >= 15 is 0 Å². The normalized spacial score (nSPS) is 10.2. The minimum atomic E-state index is -0.563. The molecule has 0 heterocycles. The average molecular weight is 497 g/mol. The van der Waals surface area contributed by atoms with Crippen molar-refractivity contribution in [3.8, 4) is 17.2 Å². The Hall–Kier alpha value is -4.04. The predicted octanol–water partition coefficient (Wildman–Crippen LogP) is 5.43. The molecule has 0 bridgehead atoms. The molecule has 8 nitrogen and oxygen atoms in total. The molecule has 0 radical (unpaired) electrons. The number of hydrogen-bond acceptors (Lipinski definition) is 6. The summed E-state index contributed by atoms with van der Waals surface area (Å²) in [5, 5.41) is 5.71. The van der Waals surface area contributed by atoms with Crippen LogP contribution in [0.3, 0.4) is 0 Å². The molecule has 0 unspecified atom stereocenters. The first-order valence-electron chi connectivity index (χ1n) is 10.8. The largest absolute Gasteiger partial charge is 0.497 e. The molecule has 3 rings (SSSR count). The smallest absolute Gasteiger partial charge is 0.306 e. The van der Waals surface area contributed by atoms with Gasteiger partial charge in [-0.05, 0) is 67.1 Å². The molecule has 9 heteroatoms. The van der Waals surface area contributed by atoms with Gasteiger partial charge in [-0.2, -0.15) is 0 Å². The van der Waals surface area contributed by atoms with E-state index in [9.17, 15) is 14.4 Å². The Bertz CT molecular complexity index is 1150. The van der Waals surface area contributed by atoms with E-state index in [4.69, 9.17) is 25.8 Å². The molecule has 2 amide bonds. The van der Waals surface area contributed by atoms with Crippen molar-refractivity contribution >= 4 is 40.8 Å². The van der Waals surface area contributed by atoms with E-state index in [-0.39, 0.29) is 25.2 Å². The summed E-state index contributed by atoms with van der Waals surface area (Å²) < 4.78 is 15.8. The Kier molecular flexibility index (Phi) is 9.50. The molecular formula is C26H25ClN2O6. The highest BCUT2D eigenvalue weighted by molar-refractivity contribution is 6.33. The highest BCUT2D eigenvalue weighted by Crippen LogP contribution is 2.25. The fraction of sp³-hybridized carbons (Fsp3) is 0.192. The molecule has 0 spiro atoms. The summed E-state index contributed by atoms with van der Waals surface area (Å²) in [6.45, 7) is -0.429. The topological polar surface area (TPSA) is 103 Å². The fourth-order valence-corrected chi connectivity index (χ4v) is 3.15. The second kappa shape index (κ2) is 13.0. The van der Waals surface area contributed by atoms with Gasteiger partial charge in [0.2, 0.25) is 5.91 Å². The van der Waals surface area contributed by atoms with Gasteiger partial charge in [-0.15, -0.1) is 0 Å². The van der Waals surface area contributed by atoms with Gasteiger partial charge in [-0.1, -0.05) is 23.7 Å².